The number of hydrogen-bond donors (Lipinski definition) is 0. The number of ketones is 1. The van der Waals surface area contributed by atoms with E-state index in [2.05, 4.69) is 0 Å². The summed E-state index contributed by atoms with van der Waals surface area (Å²) in [6.45, 7) is 0. The van der Waals surface area contributed by atoms with Crippen LogP contribution < -0.4 is 0 Å². The number of benzene rings is 1. The van der Waals surface area contributed by atoms with Gasteiger partial charge in [0.1, 0.15) is 0 Å². The van der Waals surface area contributed by atoms with Crippen molar-refractivity contribution in [3.05, 3.63) is 55.2 Å². The molecule has 0 fully saturated rings. The standard InChI is InChI=1S/C11H5Cl3OS/c12-6-1-2-7(8(13)5-6)11(15)9-3-4-10(14)16-9/h1-5H. The zero-order chi connectivity index (χ0) is 11.7. The van der Waals surface area contributed by atoms with Gasteiger partial charge in [-0.3, -0.25) is 4.79 Å². The molecule has 0 saturated carbocycles. The Hall–Kier alpha value is -0.540. The first-order valence-corrected chi connectivity index (χ1v) is 6.28. The molecule has 1 nitrogen and oxygen atoms in total. The summed E-state index contributed by atoms with van der Waals surface area (Å²) in [6.07, 6.45) is 0. The molecule has 1 aromatic carbocycles. The number of thiophene rings is 1. The van der Waals surface area contributed by atoms with E-state index in [0.29, 0.717) is 24.8 Å². The quantitative estimate of drug-likeness (QED) is 0.716. The van der Waals surface area contributed by atoms with Gasteiger partial charge in [-0.15, -0.1) is 11.3 Å². The van der Waals surface area contributed by atoms with Crippen LogP contribution in [0.5, 0.6) is 0 Å². The fraction of sp³-hybridized carbons (Fsp3) is 0. The van der Waals surface area contributed by atoms with Crippen molar-refractivity contribution in [2.45, 2.75) is 0 Å². The van der Waals surface area contributed by atoms with Crippen LogP contribution in [0.3, 0.4) is 0 Å². The second-order valence-electron chi connectivity index (χ2n) is 3.06. The molecule has 0 unspecified atom stereocenters. The molecule has 5 heteroatoms. The highest BCUT2D eigenvalue weighted by molar-refractivity contribution is 7.18. The van der Waals surface area contributed by atoms with E-state index in [-0.39, 0.29) is 5.78 Å². The number of rotatable bonds is 2. The molecule has 1 heterocycles. The molecule has 1 aromatic heterocycles. The molecule has 16 heavy (non-hydrogen) atoms. The van der Waals surface area contributed by atoms with Crippen LogP contribution in [-0.4, -0.2) is 5.78 Å². The van der Waals surface area contributed by atoms with E-state index in [1.54, 1.807) is 30.3 Å². The second-order valence-corrected chi connectivity index (χ2v) is 5.62. The smallest absolute Gasteiger partial charge is 0.204 e. The molecule has 2 rings (SSSR count). The summed E-state index contributed by atoms with van der Waals surface area (Å²) in [4.78, 5) is 12.6. The lowest BCUT2D eigenvalue weighted by Gasteiger charge is -2.01. The van der Waals surface area contributed by atoms with Gasteiger partial charge in [0.15, 0.2) is 0 Å². The summed E-state index contributed by atoms with van der Waals surface area (Å²) in [5, 5.41) is 0.854. The van der Waals surface area contributed by atoms with Gasteiger partial charge in [-0.1, -0.05) is 34.8 Å². The summed E-state index contributed by atoms with van der Waals surface area (Å²) >= 11 is 18.7. The fourth-order valence-corrected chi connectivity index (χ4v) is 2.73. The van der Waals surface area contributed by atoms with Crippen LogP contribution in [0.1, 0.15) is 15.2 Å². The van der Waals surface area contributed by atoms with Crippen molar-refractivity contribution in [1.82, 2.24) is 0 Å². The van der Waals surface area contributed by atoms with Crippen molar-refractivity contribution in [3.63, 3.8) is 0 Å². The summed E-state index contributed by atoms with van der Waals surface area (Å²) in [5.41, 5.74) is 0.435. The zero-order valence-electron chi connectivity index (χ0n) is 7.84. The van der Waals surface area contributed by atoms with E-state index in [1.165, 1.54) is 11.3 Å². The number of carbonyl (C=O) groups excluding carboxylic acids is 1. The van der Waals surface area contributed by atoms with Crippen LogP contribution in [0.4, 0.5) is 0 Å². The summed E-state index contributed by atoms with van der Waals surface area (Å²) in [7, 11) is 0. The van der Waals surface area contributed by atoms with Gasteiger partial charge in [0.2, 0.25) is 5.78 Å². The molecule has 0 aliphatic heterocycles. The number of hydrogen-bond acceptors (Lipinski definition) is 2. The Morgan fingerprint density at radius 3 is 2.38 bits per heavy atom. The third-order valence-corrected chi connectivity index (χ3v) is 3.75. The predicted octanol–water partition coefficient (Wildman–Crippen LogP) is 4.94. The molecule has 0 bridgehead atoms. The monoisotopic (exact) mass is 290 g/mol. The van der Waals surface area contributed by atoms with Gasteiger partial charge in [-0.25, -0.2) is 0 Å². The lowest BCUT2D eigenvalue weighted by atomic mass is 10.1. The Morgan fingerprint density at radius 2 is 1.81 bits per heavy atom. The highest BCUT2D eigenvalue weighted by Gasteiger charge is 2.14. The van der Waals surface area contributed by atoms with Crippen molar-refractivity contribution in [2.75, 3.05) is 0 Å². The van der Waals surface area contributed by atoms with Crippen molar-refractivity contribution in [3.8, 4) is 0 Å². The maximum Gasteiger partial charge on any atom is 0.204 e. The lowest BCUT2D eigenvalue weighted by Crippen LogP contribution is -1.99. The Kier molecular flexibility index (Phi) is 3.55. The van der Waals surface area contributed by atoms with Crippen molar-refractivity contribution < 1.29 is 4.79 Å². The molecule has 0 saturated heterocycles. The summed E-state index contributed by atoms with van der Waals surface area (Å²) < 4.78 is 0.577. The Balaban J connectivity index is 2.41. The van der Waals surface area contributed by atoms with Gasteiger partial charge in [0.25, 0.3) is 0 Å². The van der Waals surface area contributed by atoms with Gasteiger partial charge >= 0.3 is 0 Å². The average molecular weight is 292 g/mol. The minimum atomic E-state index is -0.140. The lowest BCUT2D eigenvalue weighted by molar-refractivity contribution is 0.104. The topological polar surface area (TPSA) is 17.1 Å². The summed E-state index contributed by atoms with van der Waals surface area (Å²) in [6, 6.07) is 8.16. The molecule has 0 N–H and O–H groups in total. The first-order valence-electron chi connectivity index (χ1n) is 4.33. The molecular formula is C11H5Cl3OS. The van der Waals surface area contributed by atoms with Crippen molar-refractivity contribution in [2.24, 2.45) is 0 Å². The first kappa shape index (κ1) is 11.9. The summed E-state index contributed by atoms with van der Waals surface area (Å²) in [5.74, 6) is -0.140. The second kappa shape index (κ2) is 4.76. The molecule has 0 amide bonds. The SMILES string of the molecule is O=C(c1ccc(Cl)s1)c1ccc(Cl)cc1Cl. The van der Waals surface area contributed by atoms with Crippen molar-refractivity contribution in [1.29, 1.82) is 0 Å². The third kappa shape index (κ3) is 2.41. The average Bonchev–Trinajstić information content (AvgIpc) is 2.64. The Morgan fingerprint density at radius 1 is 1.06 bits per heavy atom. The van der Waals surface area contributed by atoms with Gasteiger partial charge in [0.05, 0.1) is 14.2 Å². The molecular weight excluding hydrogens is 287 g/mol. The molecule has 0 spiro atoms. The van der Waals surface area contributed by atoms with Gasteiger partial charge in [-0.05, 0) is 30.3 Å². The number of halogens is 3. The van der Waals surface area contributed by atoms with Gasteiger partial charge in [0, 0.05) is 10.6 Å². The zero-order valence-corrected chi connectivity index (χ0v) is 10.9. The van der Waals surface area contributed by atoms with Crippen LogP contribution in [0, 0.1) is 0 Å². The third-order valence-electron chi connectivity index (χ3n) is 1.97. The molecule has 82 valence electrons. The highest BCUT2D eigenvalue weighted by atomic mass is 35.5. The molecule has 0 aliphatic carbocycles. The van der Waals surface area contributed by atoms with E-state index in [9.17, 15) is 4.79 Å². The molecule has 0 aliphatic rings. The van der Waals surface area contributed by atoms with Gasteiger partial charge < -0.3 is 0 Å². The minimum absolute atomic E-state index is 0.140. The molecule has 2 aromatic rings. The fourth-order valence-electron chi connectivity index (χ4n) is 1.24. The van der Waals surface area contributed by atoms with Crippen LogP contribution >= 0.6 is 46.1 Å². The molecule has 0 atom stereocenters. The first-order chi connectivity index (χ1) is 7.58. The van der Waals surface area contributed by atoms with E-state index < -0.39 is 0 Å². The van der Waals surface area contributed by atoms with E-state index in [1.807, 2.05) is 0 Å². The Bertz CT molecular complexity index is 548. The largest absolute Gasteiger partial charge is 0.288 e. The van der Waals surface area contributed by atoms with Crippen LogP contribution in [-0.2, 0) is 0 Å². The van der Waals surface area contributed by atoms with E-state index in [4.69, 9.17) is 34.8 Å². The normalized spacial score (nSPS) is 10.4. The van der Waals surface area contributed by atoms with Crippen molar-refractivity contribution >= 4 is 51.9 Å². The van der Waals surface area contributed by atoms with E-state index in [0.717, 1.165) is 0 Å². The maximum absolute atomic E-state index is 12.0. The maximum atomic E-state index is 12.0. The number of carbonyl (C=O) groups is 1. The molecule has 0 radical (unpaired) electrons. The van der Waals surface area contributed by atoms with Crippen LogP contribution in [0.25, 0.3) is 0 Å². The highest BCUT2D eigenvalue weighted by Crippen LogP contribution is 2.28. The predicted molar refractivity (Wildman–Crippen MR) is 69.2 cm³/mol. The minimum Gasteiger partial charge on any atom is -0.288 e. The Labute approximate surface area is 112 Å². The van der Waals surface area contributed by atoms with Gasteiger partial charge in [-0.2, -0.15) is 0 Å². The van der Waals surface area contributed by atoms with E-state index >= 15 is 0 Å². The van der Waals surface area contributed by atoms with Crippen LogP contribution in [0.15, 0.2) is 30.3 Å². The van der Waals surface area contributed by atoms with Crippen LogP contribution in [0.2, 0.25) is 14.4 Å².